The van der Waals surface area contributed by atoms with E-state index in [2.05, 4.69) is 34.8 Å². The van der Waals surface area contributed by atoms with Crippen molar-refractivity contribution in [3.63, 3.8) is 0 Å². The number of nitrogens with two attached hydrogens (primary N) is 1. The van der Waals surface area contributed by atoms with Gasteiger partial charge in [0.05, 0.1) is 5.69 Å². The Bertz CT molecular complexity index is 613. The van der Waals surface area contributed by atoms with Crippen LogP contribution in [-0.2, 0) is 4.74 Å². The highest BCUT2D eigenvalue weighted by molar-refractivity contribution is 9.10. The Balaban J connectivity index is 1.93. The monoisotopic (exact) mass is 411 g/mol. The summed E-state index contributed by atoms with van der Waals surface area (Å²) in [5, 5.41) is 0. The van der Waals surface area contributed by atoms with Gasteiger partial charge < -0.3 is 15.4 Å². The minimum absolute atomic E-state index is 0.0869. The summed E-state index contributed by atoms with van der Waals surface area (Å²) >= 11 is 3.39. The van der Waals surface area contributed by atoms with Gasteiger partial charge in [-0.25, -0.2) is 9.78 Å². The predicted molar refractivity (Wildman–Crippen MR) is 103 cm³/mol. The maximum atomic E-state index is 12.5. The fourth-order valence-electron chi connectivity index (χ4n) is 3.41. The highest BCUT2D eigenvalue weighted by Gasteiger charge is 2.42. The van der Waals surface area contributed by atoms with Crippen LogP contribution >= 0.6 is 15.9 Å². The van der Waals surface area contributed by atoms with E-state index in [1.54, 1.807) is 0 Å². The van der Waals surface area contributed by atoms with E-state index in [1.807, 2.05) is 43.9 Å². The minimum atomic E-state index is -0.472. The number of pyridine rings is 1. The zero-order valence-electron chi connectivity index (χ0n) is 15.9. The first-order valence-corrected chi connectivity index (χ1v) is 9.66. The van der Waals surface area contributed by atoms with E-state index in [0.717, 1.165) is 36.1 Å². The predicted octanol–water partition coefficient (Wildman–Crippen LogP) is 4.66. The Morgan fingerprint density at radius 2 is 2.16 bits per heavy atom. The third-order valence-electron chi connectivity index (χ3n) is 4.58. The Hall–Kier alpha value is -1.14. The molecule has 1 fully saturated rings. The first-order valence-electron chi connectivity index (χ1n) is 8.86. The van der Waals surface area contributed by atoms with Gasteiger partial charge in [-0.3, -0.25) is 0 Å². The summed E-state index contributed by atoms with van der Waals surface area (Å²) < 4.78 is 6.36. The second-order valence-corrected chi connectivity index (χ2v) is 9.36. The molecule has 1 amide bonds. The van der Waals surface area contributed by atoms with Crippen molar-refractivity contribution >= 4 is 22.0 Å². The zero-order valence-corrected chi connectivity index (χ0v) is 17.5. The topological polar surface area (TPSA) is 68.5 Å². The summed E-state index contributed by atoms with van der Waals surface area (Å²) in [6, 6.07) is 5.72. The van der Waals surface area contributed by atoms with Crippen molar-refractivity contribution in [2.45, 2.75) is 71.1 Å². The van der Waals surface area contributed by atoms with Crippen molar-refractivity contribution in [2.75, 3.05) is 6.54 Å². The molecule has 1 unspecified atom stereocenters. The van der Waals surface area contributed by atoms with E-state index in [-0.39, 0.29) is 17.7 Å². The number of hydrogen-bond acceptors (Lipinski definition) is 4. The number of carbonyl (C=O) groups excluding carboxylic acids is 1. The molecular weight excluding hydrogens is 382 g/mol. The number of halogens is 1. The van der Waals surface area contributed by atoms with Gasteiger partial charge in [0.1, 0.15) is 10.2 Å². The van der Waals surface area contributed by atoms with Gasteiger partial charge in [0.2, 0.25) is 0 Å². The molecule has 0 aromatic carbocycles. The number of hydrogen-bond donors (Lipinski definition) is 1. The second kappa shape index (κ2) is 7.62. The molecule has 1 aliphatic rings. The molecule has 0 saturated carbocycles. The number of rotatable bonds is 4. The summed E-state index contributed by atoms with van der Waals surface area (Å²) in [6.07, 6.45) is 2.56. The molecule has 1 aromatic heterocycles. The molecule has 2 rings (SSSR count). The molecule has 5 nitrogen and oxygen atoms in total. The van der Waals surface area contributed by atoms with Crippen molar-refractivity contribution in [1.82, 2.24) is 9.88 Å². The number of amides is 1. The van der Waals surface area contributed by atoms with Crippen molar-refractivity contribution < 1.29 is 9.53 Å². The molecular formula is C19H30BrN3O2. The quantitative estimate of drug-likeness (QED) is 0.731. The van der Waals surface area contributed by atoms with Gasteiger partial charge in [-0.15, -0.1) is 0 Å². The van der Waals surface area contributed by atoms with Crippen LogP contribution in [0.3, 0.4) is 0 Å². The van der Waals surface area contributed by atoms with Gasteiger partial charge in [0.15, 0.2) is 0 Å². The van der Waals surface area contributed by atoms with Crippen molar-refractivity contribution in [1.29, 1.82) is 0 Å². The maximum absolute atomic E-state index is 12.5. The average molecular weight is 412 g/mol. The molecule has 1 aromatic rings. The van der Waals surface area contributed by atoms with Crippen molar-refractivity contribution in [3.8, 4) is 0 Å². The van der Waals surface area contributed by atoms with Crippen LogP contribution in [0, 0.1) is 5.92 Å². The number of nitrogens with zero attached hydrogens (tertiary/aromatic N) is 2. The van der Waals surface area contributed by atoms with Crippen LogP contribution in [0.2, 0.25) is 0 Å². The summed E-state index contributed by atoms with van der Waals surface area (Å²) in [5.74, 6) is 0.431. The average Bonchev–Trinajstić information content (AvgIpc) is 2.78. The third kappa shape index (κ3) is 5.68. The molecule has 6 heteroatoms. The van der Waals surface area contributed by atoms with Crippen molar-refractivity contribution in [2.24, 2.45) is 11.7 Å². The molecule has 1 aliphatic heterocycles. The van der Waals surface area contributed by atoms with Crippen LogP contribution in [0.5, 0.6) is 0 Å². The number of ether oxygens (including phenoxy) is 1. The first kappa shape index (κ1) is 20.2. The van der Waals surface area contributed by atoms with Gasteiger partial charge in [0, 0.05) is 18.1 Å². The molecule has 0 spiro atoms. The lowest BCUT2D eigenvalue weighted by Gasteiger charge is -2.33. The van der Waals surface area contributed by atoms with Gasteiger partial charge in [-0.2, -0.15) is 0 Å². The van der Waals surface area contributed by atoms with Gasteiger partial charge >= 0.3 is 6.09 Å². The van der Waals surface area contributed by atoms with E-state index in [1.165, 1.54) is 0 Å². The second-order valence-electron chi connectivity index (χ2n) is 8.54. The van der Waals surface area contributed by atoms with Crippen molar-refractivity contribution in [3.05, 3.63) is 28.5 Å². The molecule has 0 aliphatic carbocycles. The fourth-order valence-corrected chi connectivity index (χ4v) is 3.77. The van der Waals surface area contributed by atoms with Gasteiger partial charge in [-0.05, 0) is 87.9 Å². The standard InChI is InChI=1S/C19H30BrN3O2/c1-18(2,3)25-17(24)23-12-13(11-19(23,4)5)9-10-14(21)15-7-6-8-16(20)22-15/h6-8,13-14H,9-12,21H2,1-5H3/t13-,14?/m0/s1. The highest BCUT2D eigenvalue weighted by atomic mass is 79.9. The normalized spacial score (nSPS) is 21.2. The van der Waals surface area contributed by atoms with Gasteiger partial charge in [-0.1, -0.05) is 6.07 Å². The molecule has 0 bridgehead atoms. The van der Waals surface area contributed by atoms with Crippen LogP contribution < -0.4 is 5.73 Å². The first-order chi connectivity index (χ1) is 11.5. The molecule has 0 radical (unpaired) electrons. The van der Waals surface area contributed by atoms with Crippen LogP contribution in [0.1, 0.15) is 65.6 Å². The van der Waals surface area contributed by atoms with E-state index < -0.39 is 5.60 Å². The lowest BCUT2D eigenvalue weighted by Crippen LogP contribution is -2.45. The molecule has 2 heterocycles. The highest BCUT2D eigenvalue weighted by Crippen LogP contribution is 2.37. The van der Waals surface area contributed by atoms with E-state index in [9.17, 15) is 4.79 Å². The largest absolute Gasteiger partial charge is 0.444 e. The van der Waals surface area contributed by atoms with Crippen LogP contribution in [0.15, 0.2) is 22.8 Å². The van der Waals surface area contributed by atoms with E-state index in [0.29, 0.717) is 5.92 Å². The Labute approximate surface area is 159 Å². The summed E-state index contributed by atoms with van der Waals surface area (Å²) in [6.45, 7) is 10.6. The Morgan fingerprint density at radius 1 is 1.48 bits per heavy atom. The van der Waals surface area contributed by atoms with E-state index in [4.69, 9.17) is 10.5 Å². The Morgan fingerprint density at radius 3 is 2.76 bits per heavy atom. The zero-order chi connectivity index (χ0) is 18.8. The lowest BCUT2D eigenvalue weighted by molar-refractivity contribution is 0.0131. The molecule has 2 atom stereocenters. The SMILES string of the molecule is CC(C)(C)OC(=O)N1C[C@@H](CCC(N)c2cccc(Br)n2)CC1(C)C. The Kier molecular flexibility index (Phi) is 6.15. The molecule has 2 N–H and O–H groups in total. The van der Waals surface area contributed by atoms with Crippen LogP contribution in [-0.4, -0.2) is 33.7 Å². The fraction of sp³-hybridized carbons (Fsp3) is 0.684. The number of aromatic nitrogens is 1. The third-order valence-corrected chi connectivity index (χ3v) is 5.02. The van der Waals surface area contributed by atoms with Crippen LogP contribution in [0.25, 0.3) is 0 Å². The number of likely N-dealkylation sites (tertiary alicyclic amines) is 1. The smallest absolute Gasteiger partial charge is 0.410 e. The summed E-state index contributed by atoms with van der Waals surface area (Å²) in [5.41, 5.74) is 6.54. The minimum Gasteiger partial charge on any atom is -0.444 e. The molecule has 25 heavy (non-hydrogen) atoms. The van der Waals surface area contributed by atoms with Gasteiger partial charge in [0.25, 0.3) is 0 Å². The summed E-state index contributed by atoms with van der Waals surface area (Å²) in [4.78, 5) is 18.8. The number of carbonyl (C=O) groups is 1. The maximum Gasteiger partial charge on any atom is 0.410 e. The lowest BCUT2D eigenvalue weighted by atomic mass is 9.91. The van der Waals surface area contributed by atoms with E-state index >= 15 is 0 Å². The molecule has 1 saturated heterocycles. The molecule has 140 valence electrons. The van der Waals surface area contributed by atoms with Crippen LogP contribution in [0.4, 0.5) is 4.79 Å². The summed E-state index contributed by atoms with van der Waals surface area (Å²) in [7, 11) is 0.